The molecule has 0 fully saturated rings. The molecule has 0 aliphatic rings. The maximum atomic E-state index is 12.3. The van der Waals surface area contributed by atoms with Gasteiger partial charge < -0.3 is 4.90 Å². The van der Waals surface area contributed by atoms with E-state index in [1.165, 1.54) is 19.3 Å². The van der Waals surface area contributed by atoms with Crippen LogP contribution in [0.25, 0.3) is 0 Å². The second kappa shape index (κ2) is 19.8. The monoisotopic (exact) mass is 492 g/mol. The van der Waals surface area contributed by atoms with Crippen LogP contribution in [0.2, 0.25) is 0 Å². The first-order valence-corrected chi connectivity index (χ1v) is 13.7. The summed E-state index contributed by atoms with van der Waals surface area (Å²) in [5.74, 6) is 0.135. The van der Waals surface area contributed by atoms with Gasteiger partial charge in [0.2, 0.25) is 5.91 Å². The van der Waals surface area contributed by atoms with Crippen LogP contribution in [-0.2, 0) is 19.4 Å². The first-order valence-electron chi connectivity index (χ1n) is 12.3. The molecule has 0 radical (unpaired) electrons. The van der Waals surface area contributed by atoms with Gasteiger partial charge in [0.15, 0.2) is 0 Å². The SMILES string of the molecule is CCCCCCCCC(CCCCCCCCC(=O)N(C)c1ccccc1)OS(=O)(=O)O.[Na+]. The number of carbonyl (C=O) groups excluding carboxylic acids is 1. The molecule has 0 spiro atoms. The van der Waals surface area contributed by atoms with Crippen molar-refractivity contribution in [1.82, 2.24) is 0 Å². The van der Waals surface area contributed by atoms with E-state index < -0.39 is 16.5 Å². The molecule has 0 bridgehead atoms. The quantitative estimate of drug-likeness (QED) is 0.181. The number of amides is 1. The summed E-state index contributed by atoms with van der Waals surface area (Å²) in [4.78, 5) is 14.0. The molecule has 1 amide bonds. The van der Waals surface area contributed by atoms with Gasteiger partial charge in [-0.2, -0.15) is 8.42 Å². The van der Waals surface area contributed by atoms with Crippen molar-refractivity contribution in [2.75, 3.05) is 11.9 Å². The van der Waals surface area contributed by atoms with Crippen molar-refractivity contribution < 1.29 is 51.5 Å². The molecule has 8 heteroatoms. The first kappa shape index (κ1) is 32.6. The summed E-state index contributed by atoms with van der Waals surface area (Å²) in [7, 11) is -2.59. The zero-order chi connectivity index (χ0) is 23.7. The van der Waals surface area contributed by atoms with Gasteiger partial charge in [-0.3, -0.25) is 9.35 Å². The molecule has 1 aromatic rings. The molecule has 0 saturated carbocycles. The molecule has 1 unspecified atom stereocenters. The fourth-order valence-corrected chi connectivity index (χ4v) is 4.42. The Kier molecular flexibility index (Phi) is 19.6. The maximum absolute atomic E-state index is 12.3. The molecule has 0 aliphatic carbocycles. The third-order valence-corrected chi connectivity index (χ3v) is 6.34. The molecule has 0 aliphatic heterocycles. The Hall–Kier alpha value is -0.440. The predicted molar refractivity (Wildman–Crippen MR) is 131 cm³/mol. The average molecular weight is 493 g/mol. The molecule has 33 heavy (non-hydrogen) atoms. The van der Waals surface area contributed by atoms with E-state index in [9.17, 15) is 13.2 Å². The van der Waals surface area contributed by atoms with Crippen LogP contribution < -0.4 is 34.5 Å². The van der Waals surface area contributed by atoms with Gasteiger partial charge in [0.25, 0.3) is 0 Å². The molecule has 6 nitrogen and oxygen atoms in total. The van der Waals surface area contributed by atoms with Crippen LogP contribution in [0.5, 0.6) is 0 Å². The van der Waals surface area contributed by atoms with Crippen LogP contribution in [0.15, 0.2) is 30.3 Å². The van der Waals surface area contributed by atoms with E-state index in [2.05, 4.69) is 6.92 Å². The van der Waals surface area contributed by atoms with Crippen molar-refractivity contribution in [2.24, 2.45) is 0 Å². The number of anilines is 1. The van der Waals surface area contributed by atoms with E-state index in [0.717, 1.165) is 63.5 Å². The summed E-state index contributed by atoms with van der Waals surface area (Å²) in [6.07, 6.45) is 14.1. The molecular weight excluding hydrogens is 449 g/mol. The van der Waals surface area contributed by atoms with E-state index in [1.807, 2.05) is 37.4 Å². The molecule has 1 atom stereocenters. The number of benzene rings is 1. The summed E-state index contributed by atoms with van der Waals surface area (Å²) >= 11 is 0. The van der Waals surface area contributed by atoms with Crippen molar-refractivity contribution >= 4 is 22.0 Å². The topological polar surface area (TPSA) is 83.9 Å². The van der Waals surface area contributed by atoms with Crippen molar-refractivity contribution in [3.8, 4) is 0 Å². The van der Waals surface area contributed by atoms with Crippen LogP contribution in [0, 0.1) is 0 Å². The minimum atomic E-state index is -4.40. The third kappa shape index (κ3) is 17.6. The van der Waals surface area contributed by atoms with E-state index in [-0.39, 0.29) is 35.5 Å². The number of nitrogens with zero attached hydrogens (tertiary/aromatic N) is 1. The summed E-state index contributed by atoms with van der Waals surface area (Å²) in [5, 5.41) is 0. The smallest absolute Gasteiger partial charge is 0.316 e. The minimum Gasteiger partial charge on any atom is -0.316 e. The van der Waals surface area contributed by atoms with Gasteiger partial charge in [-0.25, -0.2) is 4.18 Å². The molecule has 1 rings (SSSR count). The Bertz CT molecular complexity index is 715. The van der Waals surface area contributed by atoms with Gasteiger partial charge in [0.05, 0.1) is 6.10 Å². The summed E-state index contributed by atoms with van der Waals surface area (Å²) in [5.41, 5.74) is 0.917. The predicted octanol–water partition coefficient (Wildman–Crippen LogP) is 3.71. The van der Waals surface area contributed by atoms with Gasteiger partial charge in [-0.05, 0) is 31.4 Å². The van der Waals surface area contributed by atoms with Gasteiger partial charge in [0.1, 0.15) is 0 Å². The van der Waals surface area contributed by atoms with Crippen LogP contribution >= 0.6 is 0 Å². The Morgan fingerprint density at radius 2 is 1.36 bits per heavy atom. The average Bonchev–Trinajstić information content (AvgIpc) is 2.76. The standard InChI is InChI=1S/C25H43NO5S.Na/c1-3-4-5-6-9-15-20-24(31-32(28,29)30)21-16-10-7-8-11-17-22-25(27)26(2)23-18-13-12-14-19-23;/h12-14,18-19,24H,3-11,15-17,20-22H2,1-2H3,(H,28,29,30);/q;+1. The Labute approximate surface area is 224 Å². The van der Waals surface area contributed by atoms with E-state index >= 15 is 0 Å². The number of rotatable bonds is 19. The minimum absolute atomic E-state index is 0. The molecule has 0 aromatic heterocycles. The van der Waals surface area contributed by atoms with Crippen LogP contribution in [0.1, 0.15) is 103 Å². The maximum Gasteiger partial charge on any atom is 1.00 e. The zero-order valence-corrected chi connectivity index (χ0v) is 23.8. The summed E-state index contributed by atoms with van der Waals surface area (Å²) < 4.78 is 36.2. The number of unbranched alkanes of at least 4 members (excludes halogenated alkanes) is 10. The van der Waals surface area contributed by atoms with E-state index in [1.54, 1.807) is 4.90 Å². The van der Waals surface area contributed by atoms with Crippen molar-refractivity contribution in [1.29, 1.82) is 0 Å². The number of para-hydroxylation sites is 1. The van der Waals surface area contributed by atoms with Gasteiger partial charge in [-0.1, -0.05) is 95.8 Å². The van der Waals surface area contributed by atoms with Gasteiger partial charge in [0, 0.05) is 19.2 Å². The Morgan fingerprint density at radius 1 is 0.879 bits per heavy atom. The van der Waals surface area contributed by atoms with Crippen molar-refractivity contribution in [3.05, 3.63) is 30.3 Å². The molecule has 0 saturated heterocycles. The van der Waals surface area contributed by atoms with Gasteiger partial charge in [-0.15, -0.1) is 0 Å². The van der Waals surface area contributed by atoms with Gasteiger partial charge >= 0.3 is 40.0 Å². The van der Waals surface area contributed by atoms with Crippen molar-refractivity contribution in [3.63, 3.8) is 0 Å². The van der Waals surface area contributed by atoms with Crippen LogP contribution in [0.4, 0.5) is 5.69 Å². The third-order valence-electron chi connectivity index (χ3n) is 5.82. The fraction of sp³-hybridized carbons (Fsp3) is 0.720. The van der Waals surface area contributed by atoms with Crippen molar-refractivity contribution in [2.45, 2.75) is 109 Å². The Morgan fingerprint density at radius 3 is 1.88 bits per heavy atom. The molecule has 0 heterocycles. The second-order valence-corrected chi connectivity index (χ2v) is 9.70. The fourth-order valence-electron chi connectivity index (χ4n) is 3.88. The summed E-state index contributed by atoms with van der Waals surface area (Å²) in [6.45, 7) is 2.18. The van der Waals surface area contributed by atoms with E-state index in [0.29, 0.717) is 19.3 Å². The molecule has 1 aromatic carbocycles. The normalized spacial score (nSPS) is 12.2. The number of hydrogen-bond acceptors (Lipinski definition) is 4. The summed E-state index contributed by atoms with van der Waals surface area (Å²) in [6, 6.07) is 9.66. The first-order chi connectivity index (χ1) is 15.3. The van der Waals surface area contributed by atoms with E-state index in [4.69, 9.17) is 8.74 Å². The van der Waals surface area contributed by atoms with Crippen LogP contribution in [-0.4, -0.2) is 32.0 Å². The second-order valence-electron chi connectivity index (χ2n) is 8.65. The zero-order valence-electron chi connectivity index (χ0n) is 21.0. The molecule has 1 N–H and O–H groups in total. The largest absolute Gasteiger partial charge is 1.00 e. The number of hydrogen-bond donors (Lipinski definition) is 1. The molecule has 184 valence electrons. The Balaban J connectivity index is 0.0000102. The van der Waals surface area contributed by atoms with Crippen LogP contribution in [0.3, 0.4) is 0 Å². The number of carbonyl (C=O) groups is 1. The molecular formula is C25H43NNaO5S+.